The molecular weight excluding hydrogens is 274 g/mol. The van der Waals surface area contributed by atoms with Gasteiger partial charge in [0, 0.05) is 44.0 Å². The average molecular weight is 295 g/mol. The zero-order valence-corrected chi connectivity index (χ0v) is 12.7. The van der Waals surface area contributed by atoms with Gasteiger partial charge in [-0.2, -0.15) is 0 Å². The maximum Gasteiger partial charge on any atom is 0.226 e. The number of likely N-dealkylation sites (N-methyl/N-ethyl adjacent to an activating group) is 1. The van der Waals surface area contributed by atoms with Crippen LogP contribution in [0.2, 0.25) is 0 Å². The van der Waals surface area contributed by atoms with Gasteiger partial charge in [-0.05, 0) is 25.8 Å². The molecule has 1 amide bonds. The standard InChI is InChI=1S/C14H21N3O2S/c1-17-5-2-11-12(9-17)20-14(15-11)16-13(18)8-10-3-6-19-7-4-10/h10H,2-9H2,1H3,(H,15,16,18). The summed E-state index contributed by atoms with van der Waals surface area (Å²) in [5.41, 5.74) is 1.16. The van der Waals surface area contributed by atoms with Crippen LogP contribution < -0.4 is 5.32 Å². The molecule has 0 radical (unpaired) electrons. The van der Waals surface area contributed by atoms with Gasteiger partial charge in [0.25, 0.3) is 0 Å². The molecule has 1 aromatic rings. The highest BCUT2D eigenvalue weighted by Gasteiger charge is 2.21. The molecule has 3 heterocycles. The molecule has 0 unspecified atom stereocenters. The van der Waals surface area contributed by atoms with Crippen LogP contribution in [0, 0.1) is 5.92 Å². The second-order valence-corrected chi connectivity index (χ2v) is 6.77. The maximum atomic E-state index is 12.1. The molecule has 1 aromatic heterocycles. The number of carbonyl (C=O) groups is 1. The van der Waals surface area contributed by atoms with Crippen LogP contribution in [0.5, 0.6) is 0 Å². The summed E-state index contributed by atoms with van der Waals surface area (Å²) in [6.07, 6.45) is 3.56. The first-order chi connectivity index (χ1) is 9.70. The Bertz CT molecular complexity index is 483. The first-order valence-electron chi connectivity index (χ1n) is 7.25. The molecule has 0 spiro atoms. The van der Waals surface area contributed by atoms with Gasteiger partial charge in [-0.15, -0.1) is 11.3 Å². The van der Waals surface area contributed by atoms with E-state index >= 15 is 0 Å². The lowest BCUT2D eigenvalue weighted by Crippen LogP contribution is -2.25. The Morgan fingerprint density at radius 3 is 3.10 bits per heavy atom. The van der Waals surface area contributed by atoms with Gasteiger partial charge in [-0.1, -0.05) is 0 Å². The summed E-state index contributed by atoms with van der Waals surface area (Å²) >= 11 is 1.62. The third-order valence-electron chi connectivity index (χ3n) is 3.98. The number of thiazole rings is 1. The van der Waals surface area contributed by atoms with Crippen molar-refractivity contribution in [3.63, 3.8) is 0 Å². The van der Waals surface area contributed by atoms with Crippen molar-refractivity contribution in [1.29, 1.82) is 0 Å². The molecule has 6 heteroatoms. The molecule has 1 N–H and O–H groups in total. The first kappa shape index (κ1) is 14.0. The van der Waals surface area contributed by atoms with Crippen LogP contribution in [0.15, 0.2) is 0 Å². The van der Waals surface area contributed by atoms with E-state index in [4.69, 9.17) is 4.74 Å². The number of nitrogens with one attached hydrogen (secondary N) is 1. The van der Waals surface area contributed by atoms with Crippen molar-refractivity contribution in [2.75, 3.05) is 32.1 Å². The van der Waals surface area contributed by atoms with Crippen molar-refractivity contribution in [2.45, 2.75) is 32.2 Å². The highest BCUT2D eigenvalue weighted by molar-refractivity contribution is 7.15. The van der Waals surface area contributed by atoms with Crippen molar-refractivity contribution in [2.24, 2.45) is 5.92 Å². The van der Waals surface area contributed by atoms with Gasteiger partial charge >= 0.3 is 0 Å². The van der Waals surface area contributed by atoms with E-state index in [0.29, 0.717) is 12.3 Å². The van der Waals surface area contributed by atoms with E-state index in [-0.39, 0.29) is 5.91 Å². The summed E-state index contributed by atoms with van der Waals surface area (Å²) in [4.78, 5) is 20.2. The summed E-state index contributed by atoms with van der Waals surface area (Å²) in [5, 5.41) is 3.74. The zero-order valence-electron chi connectivity index (χ0n) is 11.9. The van der Waals surface area contributed by atoms with E-state index in [1.807, 2.05) is 0 Å². The van der Waals surface area contributed by atoms with Gasteiger partial charge in [0.1, 0.15) is 0 Å². The Labute approximate surface area is 123 Å². The molecule has 110 valence electrons. The number of nitrogens with zero attached hydrogens (tertiary/aromatic N) is 2. The molecule has 3 rings (SSSR count). The number of anilines is 1. The van der Waals surface area contributed by atoms with Gasteiger partial charge in [0.15, 0.2) is 5.13 Å². The lowest BCUT2D eigenvalue weighted by atomic mass is 9.96. The fourth-order valence-electron chi connectivity index (χ4n) is 2.76. The number of ether oxygens (including phenoxy) is 1. The quantitative estimate of drug-likeness (QED) is 0.925. The Kier molecular flexibility index (Phi) is 4.33. The van der Waals surface area contributed by atoms with Gasteiger partial charge < -0.3 is 15.0 Å². The third-order valence-corrected chi connectivity index (χ3v) is 4.98. The van der Waals surface area contributed by atoms with Crippen molar-refractivity contribution in [3.05, 3.63) is 10.6 Å². The predicted octanol–water partition coefficient (Wildman–Crippen LogP) is 1.89. The lowest BCUT2D eigenvalue weighted by molar-refractivity contribution is -0.117. The molecule has 2 aliphatic heterocycles. The van der Waals surface area contributed by atoms with Crippen LogP contribution >= 0.6 is 11.3 Å². The van der Waals surface area contributed by atoms with E-state index < -0.39 is 0 Å². The minimum Gasteiger partial charge on any atom is -0.381 e. The largest absolute Gasteiger partial charge is 0.381 e. The molecule has 1 fully saturated rings. The van der Waals surface area contributed by atoms with Crippen LogP contribution in [0.4, 0.5) is 5.13 Å². The molecule has 20 heavy (non-hydrogen) atoms. The first-order valence-corrected chi connectivity index (χ1v) is 8.07. The third kappa shape index (κ3) is 3.37. The average Bonchev–Trinajstić information content (AvgIpc) is 2.80. The zero-order chi connectivity index (χ0) is 13.9. The summed E-state index contributed by atoms with van der Waals surface area (Å²) in [5.74, 6) is 0.556. The summed E-state index contributed by atoms with van der Waals surface area (Å²) in [6.45, 7) is 3.57. The van der Waals surface area contributed by atoms with E-state index in [9.17, 15) is 4.79 Å². The highest BCUT2D eigenvalue weighted by atomic mass is 32.1. The number of carbonyl (C=O) groups excluding carboxylic acids is 1. The van der Waals surface area contributed by atoms with Crippen LogP contribution in [-0.4, -0.2) is 42.6 Å². The molecular formula is C14H21N3O2S. The Morgan fingerprint density at radius 2 is 2.30 bits per heavy atom. The smallest absolute Gasteiger partial charge is 0.226 e. The van der Waals surface area contributed by atoms with Crippen LogP contribution in [0.1, 0.15) is 29.8 Å². The molecule has 1 saturated heterocycles. The number of hydrogen-bond acceptors (Lipinski definition) is 5. The van der Waals surface area contributed by atoms with Gasteiger partial charge in [-0.3, -0.25) is 4.79 Å². The fourth-order valence-corrected chi connectivity index (χ4v) is 3.86. The van der Waals surface area contributed by atoms with Crippen molar-refractivity contribution < 1.29 is 9.53 Å². The Balaban J connectivity index is 1.56. The normalized spacial score (nSPS) is 20.6. The number of fused-ring (bicyclic) bond motifs is 1. The molecule has 0 atom stereocenters. The lowest BCUT2D eigenvalue weighted by Gasteiger charge is -2.20. The predicted molar refractivity (Wildman–Crippen MR) is 78.9 cm³/mol. The monoisotopic (exact) mass is 295 g/mol. The number of aromatic nitrogens is 1. The molecule has 5 nitrogen and oxygen atoms in total. The molecule has 0 saturated carbocycles. The molecule has 0 aromatic carbocycles. The number of rotatable bonds is 3. The second kappa shape index (κ2) is 6.20. The van der Waals surface area contributed by atoms with Crippen LogP contribution in [-0.2, 0) is 22.5 Å². The van der Waals surface area contributed by atoms with E-state index in [1.54, 1.807) is 11.3 Å². The number of amides is 1. The van der Waals surface area contributed by atoms with E-state index in [1.165, 1.54) is 4.88 Å². The van der Waals surface area contributed by atoms with Gasteiger partial charge in [0.2, 0.25) is 5.91 Å². The highest BCUT2D eigenvalue weighted by Crippen LogP contribution is 2.28. The van der Waals surface area contributed by atoms with Crippen molar-refractivity contribution in [1.82, 2.24) is 9.88 Å². The molecule has 2 aliphatic rings. The van der Waals surface area contributed by atoms with Gasteiger partial charge in [0.05, 0.1) is 5.69 Å². The topological polar surface area (TPSA) is 54.5 Å². The van der Waals surface area contributed by atoms with Crippen LogP contribution in [0.25, 0.3) is 0 Å². The minimum atomic E-state index is 0.0938. The Morgan fingerprint density at radius 1 is 1.50 bits per heavy atom. The maximum absolute atomic E-state index is 12.1. The minimum absolute atomic E-state index is 0.0938. The van der Waals surface area contributed by atoms with Crippen molar-refractivity contribution in [3.8, 4) is 0 Å². The van der Waals surface area contributed by atoms with Crippen LogP contribution in [0.3, 0.4) is 0 Å². The summed E-state index contributed by atoms with van der Waals surface area (Å²) in [6, 6.07) is 0. The fraction of sp³-hybridized carbons (Fsp3) is 0.714. The SMILES string of the molecule is CN1CCc2nc(NC(=O)CC3CCOCC3)sc2C1. The van der Waals surface area contributed by atoms with Crippen molar-refractivity contribution >= 4 is 22.4 Å². The van der Waals surface area contributed by atoms with Gasteiger partial charge in [-0.25, -0.2) is 4.98 Å². The summed E-state index contributed by atoms with van der Waals surface area (Å²) in [7, 11) is 2.12. The van der Waals surface area contributed by atoms with E-state index in [2.05, 4.69) is 22.2 Å². The second-order valence-electron chi connectivity index (χ2n) is 5.68. The summed E-state index contributed by atoms with van der Waals surface area (Å²) < 4.78 is 5.32. The molecule has 0 bridgehead atoms. The van der Waals surface area contributed by atoms with E-state index in [0.717, 1.165) is 56.4 Å². The Hall–Kier alpha value is -0.980. The number of hydrogen-bond donors (Lipinski definition) is 1. The molecule has 0 aliphatic carbocycles.